The maximum atomic E-state index is 9.85. The van der Waals surface area contributed by atoms with Crippen LogP contribution in [0, 0.1) is 6.92 Å². The minimum atomic E-state index is -0.137. The zero-order chi connectivity index (χ0) is 12.7. The molecule has 0 amide bonds. The molecule has 2 aliphatic heterocycles. The molecule has 98 valence electrons. The van der Waals surface area contributed by atoms with Crippen LogP contribution in [-0.4, -0.2) is 28.4 Å². The second-order valence-corrected chi connectivity index (χ2v) is 5.71. The van der Waals surface area contributed by atoms with Gasteiger partial charge in [0, 0.05) is 23.3 Å². The Bertz CT molecular complexity index is 432. The summed E-state index contributed by atoms with van der Waals surface area (Å²) in [5, 5.41) is 19.4. The number of aliphatic hydroxyl groups excluding tert-OH is 2. The number of piperidine rings is 1. The molecule has 2 aliphatic rings. The van der Waals surface area contributed by atoms with E-state index in [1.165, 1.54) is 24.1 Å². The molecule has 1 aromatic carbocycles. The summed E-state index contributed by atoms with van der Waals surface area (Å²) in [6.07, 6.45) is 3.94. The number of aryl methyl sites for hydroxylation is 1. The van der Waals surface area contributed by atoms with Crippen molar-refractivity contribution < 1.29 is 10.2 Å². The summed E-state index contributed by atoms with van der Waals surface area (Å²) in [7, 11) is 0. The van der Waals surface area contributed by atoms with Crippen molar-refractivity contribution in [3.05, 3.63) is 29.3 Å². The van der Waals surface area contributed by atoms with E-state index < -0.39 is 0 Å². The molecule has 0 saturated carbocycles. The van der Waals surface area contributed by atoms with Crippen LogP contribution in [0.15, 0.2) is 18.2 Å². The van der Waals surface area contributed by atoms with E-state index in [0.29, 0.717) is 12.1 Å². The van der Waals surface area contributed by atoms with Gasteiger partial charge in [-0.3, -0.25) is 0 Å². The predicted octanol–water partition coefficient (Wildman–Crippen LogP) is 1.98. The Hall–Kier alpha value is -1.06. The van der Waals surface area contributed by atoms with Crippen molar-refractivity contribution in [1.82, 2.24) is 0 Å². The second kappa shape index (κ2) is 4.56. The van der Waals surface area contributed by atoms with Crippen LogP contribution in [0.1, 0.15) is 36.8 Å². The van der Waals surface area contributed by atoms with E-state index in [4.69, 9.17) is 0 Å². The summed E-state index contributed by atoms with van der Waals surface area (Å²) in [6, 6.07) is 7.21. The fraction of sp³-hybridized carbons (Fsp3) is 0.600. The van der Waals surface area contributed by atoms with Crippen LogP contribution in [0.3, 0.4) is 0 Å². The fourth-order valence-electron chi connectivity index (χ4n) is 3.63. The van der Waals surface area contributed by atoms with Gasteiger partial charge in [-0.05, 0) is 38.7 Å². The van der Waals surface area contributed by atoms with Crippen molar-refractivity contribution in [1.29, 1.82) is 0 Å². The summed E-state index contributed by atoms with van der Waals surface area (Å²) in [5.74, 6) is 0. The van der Waals surface area contributed by atoms with Crippen LogP contribution in [0.2, 0.25) is 0 Å². The highest BCUT2D eigenvalue weighted by Crippen LogP contribution is 2.40. The lowest BCUT2D eigenvalue weighted by Crippen LogP contribution is -2.45. The molecule has 1 aromatic rings. The number of aliphatic hydroxyl groups is 2. The van der Waals surface area contributed by atoms with Crippen LogP contribution in [0.25, 0.3) is 0 Å². The molecule has 2 fully saturated rings. The van der Waals surface area contributed by atoms with Gasteiger partial charge in [-0.25, -0.2) is 0 Å². The number of rotatable bonds is 2. The molecular formula is C15H21NO2. The van der Waals surface area contributed by atoms with Gasteiger partial charge in [0.15, 0.2) is 0 Å². The standard InChI is InChI=1S/C15H21NO2/c1-10-2-5-15(11(6-10)9-17)16-12-3-4-13(16)8-14(18)7-12/h2,5-6,12-14,17-18H,3-4,7-9H2,1H3. The zero-order valence-electron chi connectivity index (χ0n) is 10.8. The Morgan fingerprint density at radius 1 is 1.22 bits per heavy atom. The first-order valence-electron chi connectivity index (χ1n) is 6.86. The van der Waals surface area contributed by atoms with E-state index >= 15 is 0 Å². The zero-order valence-corrected chi connectivity index (χ0v) is 10.8. The van der Waals surface area contributed by atoms with Gasteiger partial charge in [-0.2, -0.15) is 0 Å². The number of nitrogens with zero attached hydrogens (tertiary/aromatic N) is 1. The molecule has 2 atom stereocenters. The number of hydrogen-bond acceptors (Lipinski definition) is 3. The van der Waals surface area contributed by atoms with E-state index in [0.717, 1.165) is 18.4 Å². The Morgan fingerprint density at radius 3 is 2.50 bits per heavy atom. The summed E-state index contributed by atoms with van der Waals surface area (Å²) in [4.78, 5) is 2.44. The van der Waals surface area contributed by atoms with Gasteiger partial charge in [0.25, 0.3) is 0 Å². The van der Waals surface area contributed by atoms with Crippen LogP contribution in [0.5, 0.6) is 0 Å². The van der Waals surface area contributed by atoms with Crippen molar-refractivity contribution in [3.63, 3.8) is 0 Å². The van der Waals surface area contributed by atoms with Crippen LogP contribution < -0.4 is 4.90 Å². The summed E-state index contributed by atoms with van der Waals surface area (Å²) < 4.78 is 0. The Morgan fingerprint density at radius 2 is 1.89 bits per heavy atom. The number of anilines is 1. The lowest BCUT2D eigenvalue weighted by atomic mass is 9.97. The van der Waals surface area contributed by atoms with Gasteiger partial charge >= 0.3 is 0 Å². The number of hydrogen-bond donors (Lipinski definition) is 2. The first-order valence-corrected chi connectivity index (χ1v) is 6.86. The Kier molecular flexibility index (Phi) is 3.04. The molecule has 0 spiro atoms. The number of fused-ring (bicyclic) bond motifs is 2. The molecular weight excluding hydrogens is 226 g/mol. The van der Waals surface area contributed by atoms with Gasteiger partial charge in [0.2, 0.25) is 0 Å². The quantitative estimate of drug-likeness (QED) is 0.840. The van der Waals surface area contributed by atoms with Crippen molar-refractivity contribution in [2.75, 3.05) is 4.90 Å². The van der Waals surface area contributed by atoms with E-state index in [1.807, 2.05) is 0 Å². The highest BCUT2D eigenvalue weighted by atomic mass is 16.3. The van der Waals surface area contributed by atoms with Gasteiger partial charge in [-0.1, -0.05) is 17.7 Å². The predicted molar refractivity (Wildman–Crippen MR) is 71.6 cm³/mol. The van der Waals surface area contributed by atoms with Crippen molar-refractivity contribution in [2.45, 2.75) is 57.4 Å². The van der Waals surface area contributed by atoms with E-state index in [9.17, 15) is 10.2 Å². The third-order valence-electron chi connectivity index (χ3n) is 4.39. The van der Waals surface area contributed by atoms with Gasteiger partial charge in [0.1, 0.15) is 0 Å². The maximum absolute atomic E-state index is 9.85. The lowest BCUT2D eigenvalue weighted by Gasteiger charge is -2.40. The Labute approximate surface area is 108 Å². The molecule has 0 aliphatic carbocycles. The Balaban J connectivity index is 1.96. The van der Waals surface area contributed by atoms with Crippen molar-refractivity contribution in [2.24, 2.45) is 0 Å². The minimum Gasteiger partial charge on any atom is -0.393 e. The van der Waals surface area contributed by atoms with E-state index in [-0.39, 0.29) is 12.7 Å². The lowest BCUT2D eigenvalue weighted by molar-refractivity contribution is 0.126. The molecule has 2 bridgehead atoms. The number of benzene rings is 1. The van der Waals surface area contributed by atoms with E-state index in [1.54, 1.807) is 0 Å². The summed E-state index contributed by atoms with van der Waals surface area (Å²) in [5.41, 5.74) is 3.37. The molecule has 3 heteroatoms. The molecule has 3 nitrogen and oxygen atoms in total. The summed E-state index contributed by atoms with van der Waals surface area (Å²) in [6.45, 7) is 2.15. The molecule has 0 radical (unpaired) electrons. The first-order chi connectivity index (χ1) is 8.69. The highest BCUT2D eigenvalue weighted by molar-refractivity contribution is 5.57. The first kappa shape index (κ1) is 12.0. The smallest absolute Gasteiger partial charge is 0.0702 e. The van der Waals surface area contributed by atoms with Crippen LogP contribution in [-0.2, 0) is 6.61 Å². The average Bonchev–Trinajstić information content (AvgIpc) is 2.62. The van der Waals surface area contributed by atoms with E-state index in [2.05, 4.69) is 30.0 Å². The minimum absolute atomic E-state index is 0.0928. The molecule has 3 rings (SSSR count). The molecule has 2 N–H and O–H groups in total. The normalized spacial score (nSPS) is 30.8. The van der Waals surface area contributed by atoms with Gasteiger partial charge in [-0.15, -0.1) is 0 Å². The third-order valence-corrected chi connectivity index (χ3v) is 4.39. The molecule has 2 saturated heterocycles. The molecule has 2 unspecified atom stereocenters. The molecule has 0 aromatic heterocycles. The second-order valence-electron chi connectivity index (χ2n) is 5.71. The highest BCUT2D eigenvalue weighted by Gasteiger charge is 2.40. The largest absolute Gasteiger partial charge is 0.393 e. The summed E-state index contributed by atoms with van der Waals surface area (Å²) >= 11 is 0. The van der Waals surface area contributed by atoms with Gasteiger partial charge in [0.05, 0.1) is 12.7 Å². The van der Waals surface area contributed by atoms with Gasteiger partial charge < -0.3 is 15.1 Å². The van der Waals surface area contributed by atoms with Crippen molar-refractivity contribution in [3.8, 4) is 0 Å². The van der Waals surface area contributed by atoms with Crippen LogP contribution >= 0.6 is 0 Å². The van der Waals surface area contributed by atoms with Crippen molar-refractivity contribution >= 4 is 5.69 Å². The fourth-order valence-corrected chi connectivity index (χ4v) is 3.63. The third kappa shape index (κ3) is 1.91. The SMILES string of the molecule is Cc1ccc(N2C3CCC2CC(O)C3)c(CO)c1. The molecule has 18 heavy (non-hydrogen) atoms. The monoisotopic (exact) mass is 247 g/mol. The maximum Gasteiger partial charge on any atom is 0.0702 e. The average molecular weight is 247 g/mol. The van der Waals surface area contributed by atoms with Crippen LogP contribution in [0.4, 0.5) is 5.69 Å². The molecule has 2 heterocycles. The topological polar surface area (TPSA) is 43.7 Å².